The molecule has 0 saturated heterocycles. The zero-order valence-electron chi connectivity index (χ0n) is 9.11. The van der Waals surface area contributed by atoms with Gasteiger partial charge in [-0.25, -0.2) is 13.8 Å². The number of aromatic hydroxyl groups is 1. The average molecular weight is 246 g/mol. The summed E-state index contributed by atoms with van der Waals surface area (Å²) in [4.78, 5) is 14.8. The fourth-order valence-electron chi connectivity index (χ4n) is 1.25. The van der Waals surface area contributed by atoms with Crippen molar-refractivity contribution >= 4 is 11.8 Å². The van der Waals surface area contributed by atoms with E-state index in [0.29, 0.717) is 0 Å². The minimum absolute atomic E-state index is 0.0362. The van der Waals surface area contributed by atoms with Crippen molar-refractivity contribution in [1.82, 2.24) is 4.98 Å². The van der Waals surface area contributed by atoms with Gasteiger partial charge in [0.25, 0.3) is 6.43 Å². The normalized spacial score (nSPS) is 10.6. The van der Waals surface area contributed by atoms with Crippen molar-refractivity contribution in [3.05, 3.63) is 17.3 Å². The molecule has 5 nitrogen and oxygen atoms in total. The van der Waals surface area contributed by atoms with E-state index in [1.807, 2.05) is 0 Å². The maximum Gasteiger partial charge on any atom is 0.311 e. The number of nitrogens with two attached hydrogens (primary N) is 1. The number of alkyl halides is 2. The molecule has 0 bridgehead atoms. The van der Waals surface area contributed by atoms with Crippen molar-refractivity contribution < 1.29 is 23.4 Å². The van der Waals surface area contributed by atoms with E-state index < -0.39 is 29.5 Å². The third-order valence-corrected chi connectivity index (χ3v) is 1.97. The van der Waals surface area contributed by atoms with E-state index in [1.54, 1.807) is 6.92 Å². The van der Waals surface area contributed by atoms with Gasteiger partial charge in [-0.2, -0.15) is 0 Å². The Kier molecular flexibility index (Phi) is 4.19. The first kappa shape index (κ1) is 13.1. The number of esters is 1. The summed E-state index contributed by atoms with van der Waals surface area (Å²) >= 11 is 0. The Hall–Kier alpha value is -1.92. The number of aromatic nitrogens is 1. The monoisotopic (exact) mass is 246 g/mol. The highest BCUT2D eigenvalue weighted by Crippen LogP contribution is 2.32. The molecular weight excluding hydrogens is 234 g/mol. The number of anilines is 1. The van der Waals surface area contributed by atoms with Crippen LogP contribution in [0.25, 0.3) is 0 Å². The summed E-state index contributed by atoms with van der Waals surface area (Å²) < 4.78 is 29.7. The largest absolute Gasteiger partial charge is 0.504 e. The van der Waals surface area contributed by atoms with E-state index in [0.717, 1.165) is 6.07 Å². The average Bonchev–Trinajstić information content (AvgIpc) is 2.23. The molecule has 0 saturated carbocycles. The minimum Gasteiger partial charge on any atom is -0.504 e. The Morgan fingerprint density at radius 3 is 2.82 bits per heavy atom. The van der Waals surface area contributed by atoms with Gasteiger partial charge >= 0.3 is 5.97 Å². The van der Waals surface area contributed by atoms with Crippen LogP contribution in [0, 0.1) is 0 Å². The number of hydrogen-bond donors (Lipinski definition) is 2. The van der Waals surface area contributed by atoms with Gasteiger partial charge in [0.2, 0.25) is 0 Å². The summed E-state index contributed by atoms with van der Waals surface area (Å²) in [6, 6.07) is 0.938. The number of nitrogen functional groups attached to an aromatic ring is 1. The van der Waals surface area contributed by atoms with Crippen LogP contribution >= 0.6 is 0 Å². The summed E-state index contributed by atoms with van der Waals surface area (Å²) in [7, 11) is 0. The highest BCUT2D eigenvalue weighted by atomic mass is 19.3. The molecule has 0 radical (unpaired) electrons. The molecule has 7 heteroatoms. The van der Waals surface area contributed by atoms with Gasteiger partial charge in [-0.3, -0.25) is 4.79 Å². The maximum atomic E-state index is 12.5. The predicted molar refractivity (Wildman–Crippen MR) is 55.6 cm³/mol. The Morgan fingerprint density at radius 1 is 1.65 bits per heavy atom. The summed E-state index contributed by atoms with van der Waals surface area (Å²) in [6.45, 7) is 1.81. The maximum absolute atomic E-state index is 12.5. The van der Waals surface area contributed by atoms with E-state index in [2.05, 4.69) is 9.72 Å². The number of carbonyl (C=O) groups excluding carboxylic acids is 1. The quantitative estimate of drug-likeness (QED) is 0.784. The first-order valence-corrected chi connectivity index (χ1v) is 4.87. The van der Waals surface area contributed by atoms with Gasteiger partial charge in [-0.15, -0.1) is 0 Å². The molecule has 0 aliphatic rings. The highest BCUT2D eigenvalue weighted by molar-refractivity contribution is 5.72. The van der Waals surface area contributed by atoms with Crippen molar-refractivity contribution in [3.8, 4) is 5.75 Å². The van der Waals surface area contributed by atoms with Crippen LogP contribution in [0.5, 0.6) is 5.75 Å². The second-order valence-corrected chi connectivity index (χ2v) is 3.22. The molecule has 0 aliphatic carbocycles. The van der Waals surface area contributed by atoms with Crippen molar-refractivity contribution in [2.24, 2.45) is 0 Å². The Bertz CT molecular complexity index is 424. The van der Waals surface area contributed by atoms with E-state index in [1.165, 1.54) is 0 Å². The lowest BCUT2D eigenvalue weighted by Crippen LogP contribution is -2.10. The molecule has 1 aromatic rings. The Labute approximate surface area is 96.2 Å². The molecule has 1 rings (SSSR count). The Morgan fingerprint density at radius 2 is 2.29 bits per heavy atom. The van der Waals surface area contributed by atoms with Crippen molar-refractivity contribution in [2.45, 2.75) is 19.8 Å². The number of hydrogen-bond acceptors (Lipinski definition) is 5. The van der Waals surface area contributed by atoms with Crippen LogP contribution in [-0.4, -0.2) is 22.7 Å². The number of rotatable bonds is 4. The lowest BCUT2D eigenvalue weighted by Gasteiger charge is -2.08. The second kappa shape index (κ2) is 5.42. The smallest absolute Gasteiger partial charge is 0.311 e. The van der Waals surface area contributed by atoms with Gasteiger partial charge in [0.1, 0.15) is 0 Å². The molecule has 0 fully saturated rings. The first-order valence-electron chi connectivity index (χ1n) is 4.87. The SMILES string of the molecule is CCOC(=O)Cc1cc(C(F)F)c(O)c(N)n1. The van der Waals surface area contributed by atoms with E-state index in [9.17, 15) is 18.7 Å². The molecule has 0 spiro atoms. The van der Waals surface area contributed by atoms with Gasteiger partial charge in [-0.05, 0) is 13.0 Å². The standard InChI is InChI=1S/C10H12F2N2O3/c1-2-17-7(15)4-5-3-6(9(11)12)8(16)10(13)14-5/h3,9,16H,2,4H2,1H3,(H2,13,14). The van der Waals surface area contributed by atoms with Gasteiger partial charge in [0.05, 0.1) is 24.3 Å². The topological polar surface area (TPSA) is 85.4 Å². The van der Waals surface area contributed by atoms with Gasteiger partial charge < -0.3 is 15.6 Å². The molecule has 0 aromatic carbocycles. The molecule has 0 amide bonds. The van der Waals surface area contributed by atoms with E-state index >= 15 is 0 Å². The number of nitrogens with zero attached hydrogens (tertiary/aromatic N) is 1. The predicted octanol–water partition coefficient (Wildman–Crippen LogP) is 1.41. The molecule has 0 aliphatic heterocycles. The lowest BCUT2D eigenvalue weighted by atomic mass is 10.1. The zero-order valence-corrected chi connectivity index (χ0v) is 9.11. The summed E-state index contributed by atoms with van der Waals surface area (Å²) in [5, 5.41) is 9.25. The van der Waals surface area contributed by atoms with Crippen LogP contribution in [0.3, 0.4) is 0 Å². The van der Waals surface area contributed by atoms with Crippen LogP contribution in [0.4, 0.5) is 14.6 Å². The number of carbonyl (C=O) groups is 1. The molecule has 94 valence electrons. The fraction of sp³-hybridized carbons (Fsp3) is 0.400. The van der Waals surface area contributed by atoms with Crippen molar-refractivity contribution in [1.29, 1.82) is 0 Å². The Balaban J connectivity index is 2.98. The fourth-order valence-corrected chi connectivity index (χ4v) is 1.25. The molecule has 1 aromatic heterocycles. The van der Waals surface area contributed by atoms with Gasteiger partial charge in [-0.1, -0.05) is 0 Å². The van der Waals surface area contributed by atoms with Gasteiger partial charge in [0.15, 0.2) is 11.6 Å². The molecule has 0 unspecified atom stereocenters. The molecular formula is C10H12F2N2O3. The minimum atomic E-state index is -2.89. The van der Waals surface area contributed by atoms with Crippen LogP contribution in [0.2, 0.25) is 0 Å². The molecule has 3 N–H and O–H groups in total. The summed E-state index contributed by atoms with van der Waals surface area (Å²) in [5.41, 5.74) is 4.66. The lowest BCUT2D eigenvalue weighted by molar-refractivity contribution is -0.142. The van der Waals surface area contributed by atoms with E-state index in [4.69, 9.17) is 5.73 Å². The summed E-state index contributed by atoms with van der Waals surface area (Å²) in [6.07, 6.45) is -3.15. The number of halogens is 2. The van der Waals surface area contributed by atoms with Crippen LogP contribution in [-0.2, 0) is 16.0 Å². The van der Waals surface area contributed by atoms with Crippen LogP contribution < -0.4 is 5.73 Å². The first-order chi connectivity index (χ1) is 7.95. The van der Waals surface area contributed by atoms with Gasteiger partial charge in [0, 0.05) is 0 Å². The second-order valence-electron chi connectivity index (χ2n) is 3.22. The molecule has 1 heterocycles. The molecule has 0 atom stereocenters. The highest BCUT2D eigenvalue weighted by Gasteiger charge is 2.18. The van der Waals surface area contributed by atoms with Crippen molar-refractivity contribution in [3.63, 3.8) is 0 Å². The number of ether oxygens (including phenoxy) is 1. The van der Waals surface area contributed by atoms with E-state index in [-0.39, 0.29) is 18.7 Å². The molecule has 17 heavy (non-hydrogen) atoms. The third-order valence-electron chi connectivity index (χ3n) is 1.97. The summed E-state index contributed by atoms with van der Waals surface area (Å²) in [5.74, 6) is -1.78. The van der Waals surface area contributed by atoms with Crippen LogP contribution in [0.1, 0.15) is 24.6 Å². The van der Waals surface area contributed by atoms with Crippen molar-refractivity contribution in [2.75, 3.05) is 12.3 Å². The zero-order chi connectivity index (χ0) is 13.0. The van der Waals surface area contributed by atoms with Crippen LogP contribution in [0.15, 0.2) is 6.07 Å². The number of pyridine rings is 1. The third kappa shape index (κ3) is 3.27.